The summed E-state index contributed by atoms with van der Waals surface area (Å²) in [5.41, 5.74) is -1.05. The van der Waals surface area contributed by atoms with E-state index in [-0.39, 0.29) is 0 Å². The lowest BCUT2D eigenvalue weighted by atomic mass is 10.1. The van der Waals surface area contributed by atoms with Crippen LogP contribution in [0.5, 0.6) is 17.2 Å². The Kier molecular flexibility index (Phi) is 4.93. The molecule has 0 amide bonds. The molecule has 5 heteroatoms. The van der Waals surface area contributed by atoms with Crippen LogP contribution in [0.3, 0.4) is 0 Å². The van der Waals surface area contributed by atoms with Crippen LogP contribution in [-0.2, 0) is 9.53 Å². The van der Waals surface area contributed by atoms with E-state index in [9.17, 15) is 4.79 Å². The van der Waals surface area contributed by atoms with Gasteiger partial charge in [-0.2, -0.15) is 0 Å². The summed E-state index contributed by atoms with van der Waals surface area (Å²) in [7, 11) is 1.33. The predicted molar refractivity (Wildman–Crippen MR) is 84.7 cm³/mol. The molecule has 0 saturated heterocycles. The SMILES string of the molecule is COC(=O)C(C)(C)Oc1ccc(Oc2ccc(Cl)cc2)cc1. The summed E-state index contributed by atoms with van der Waals surface area (Å²) in [6, 6.07) is 14.1. The molecule has 0 aliphatic rings. The minimum atomic E-state index is -1.05. The molecule has 2 aromatic rings. The Morgan fingerprint density at radius 2 is 1.36 bits per heavy atom. The number of esters is 1. The number of methoxy groups -OCH3 is 1. The molecule has 0 fully saturated rings. The molecule has 0 spiro atoms. The van der Waals surface area contributed by atoms with E-state index in [1.165, 1.54) is 7.11 Å². The molecule has 22 heavy (non-hydrogen) atoms. The third kappa shape index (κ3) is 4.15. The third-order valence-electron chi connectivity index (χ3n) is 2.92. The van der Waals surface area contributed by atoms with Gasteiger partial charge >= 0.3 is 5.97 Å². The number of halogens is 1. The average Bonchev–Trinajstić information content (AvgIpc) is 2.50. The maximum absolute atomic E-state index is 11.6. The Balaban J connectivity index is 2.04. The molecule has 0 N–H and O–H groups in total. The van der Waals surface area contributed by atoms with Crippen LogP contribution in [0.4, 0.5) is 0 Å². The molecule has 0 bridgehead atoms. The lowest BCUT2D eigenvalue weighted by Crippen LogP contribution is -2.39. The van der Waals surface area contributed by atoms with Crippen molar-refractivity contribution in [2.45, 2.75) is 19.4 Å². The minimum Gasteiger partial charge on any atom is -0.476 e. The van der Waals surface area contributed by atoms with Crippen molar-refractivity contribution >= 4 is 17.6 Å². The fourth-order valence-corrected chi connectivity index (χ4v) is 1.92. The summed E-state index contributed by atoms with van der Waals surface area (Å²) in [6.07, 6.45) is 0. The molecule has 116 valence electrons. The van der Waals surface area contributed by atoms with E-state index >= 15 is 0 Å². The van der Waals surface area contributed by atoms with E-state index in [4.69, 9.17) is 25.8 Å². The van der Waals surface area contributed by atoms with Crippen molar-refractivity contribution in [3.63, 3.8) is 0 Å². The Hall–Kier alpha value is -2.20. The fraction of sp³-hybridized carbons (Fsp3) is 0.235. The molecule has 0 radical (unpaired) electrons. The molecular formula is C17H17ClO4. The first-order chi connectivity index (χ1) is 10.4. The van der Waals surface area contributed by atoms with E-state index in [1.54, 1.807) is 62.4 Å². The third-order valence-corrected chi connectivity index (χ3v) is 3.18. The molecule has 0 heterocycles. The highest BCUT2D eigenvalue weighted by atomic mass is 35.5. The quantitative estimate of drug-likeness (QED) is 0.763. The maximum Gasteiger partial charge on any atom is 0.349 e. The molecule has 0 saturated carbocycles. The number of hydrogen-bond acceptors (Lipinski definition) is 4. The zero-order valence-corrected chi connectivity index (χ0v) is 13.4. The first kappa shape index (κ1) is 16.2. The van der Waals surface area contributed by atoms with Crippen LogP contribution in [0.15, 0.2) is 48.5 Å². The van der Waals surface area contributed by atoms with E-state index in [0.29, 0.717) is 22.3 Å². The Morgan fingerprint density at radius 1 is 0.909 bits per heavy atom. The molecule has 2 aromatic carbocycles. The van der Waals surface area contributed by atoms with E-state index in [1.807, 2.05) is 0 Å². The number of benzene rings is 2. The van der Waals surface area contributed by atoms with Crippen LogP contribution in [0.25, 0.3) is 0 Å². The van der Waals surface area contributed by atoms with Gasteiger partial charge in [0.25, 0.3) is 0 Å². The van der Waals surface area contributed by atoms with Gasteiger partial charge in [-0.05, 0) is 62.4 Å². The molecule has 0 atom stereocenters. The normalized spacial score (nSPS) is 10.9. The van der Waals surface area contributed by atoms with Crippen molar-refractivity contribution in [2.75, 3.05) is 7.11 Å². The largest absolute Gasteiger partial charge is 0.476 e. The van der Waals surface area contributed by atoms with Crippen molar-refractivity contribution in [3.05, 3.63) is 53.6 Å². The van der Waals surface area contributed by atoms with E-state index < -0.39 is 11.6 Å². The van der Waals surface area contributed by atoms with Gasteiger partial charge in [-0.1, -0.05) is 11.6 Å². The second-order valence-corrected chi connectivity index (χ2v) is 5.57. The Labute approximate surface area is 134 Å². The van der Waals surface area contributed by atoms with Gasteiger partial charge in [0.1, 0.15) is 17.2 Å². The summed E-state index contributed by atoms with van der Waals surface area (Å²) in [4.78, 5) is 11.6. The van der Waals surface area contributed by atoms with Crippen LogP contribution in [0.1, 0.15) is 13.8 Å². The number of ether oxygens (including phenoxy) is 3. The van der Waals surface area contributed by atoms with Gasteiger partial charge in [0.2, 0.25) is 0 Å². The van der Waals surface area contributed by atoms with Crippen molar-refractivity contribution in [1.29, 1.82) is 0 Å². The average molecular weight is 321 g/mol. The fourth-order valence-electron chi connectivity index (χ4n) is 1.80. The van der Waals surface area contributed by atoms with Gasteiger partial charge in [-0.3, -0.25) is 0 Å². The molecule has 2 rings (SSSR count). The summed E-state index contributed by atoms with van der Waals surface area (Å²) in [5, 5.41) is 0.654. The second-order valence-electron chi connectivity index (χ2n) is 5.13. The van der Waals surface area contributed by atoms with Crippen LogP contribution in [-0.4, -0.2) is 18.7 Å². The second kappa shape index (κ2) is 6.71. The van der Waals surface area contributed by atoms with E-state index in [0.717, 1.165) is 0 Å². The van der Waals surface area contributed by atoms with Gasteiger partial charge in [-0.25, -0.2) is 4.79 Å². The van der Waals surface area contributed by atoms with Gasteiger partial charge in [0, 0.05) is 5.02 Å². The van der Waals surface area contributed by atoms with Crippen LogP contribution < -0.4 is 9.47 Å². The van der Waals surface area contributed by atoms with Crippen molar-refractivity contribution < 1.29 is 19.0 Å². The van der Waals surface area contributed by atoms with Crippen LogP contribution in [0, 0.1) is 0 Å². The van der Waals surface area contributed by atoms with Gasteiger partial charge in [0.05, 0.1) is 7.11 Å². The van der Waals surface area contributed by atoms with Gasteiger partial charge < -0.3 is 14.2 Å². The summed E-state index contributed by atoms with van der Waals surface area (Å²) in [5.74, 6) is 1.46. The lowest BCUT2D eigenvalue weighted by molar-refractivity contribution is -0.156. The van der Waals surface area contributed by atoms with E-state index in [2.05, 4.69) is 0 Å². The van der Waals surface area contributed by atoms with Crippen molar-refractivity contribution in [2.24, 2.45) is 0 Å². The first-order valence-electron chi connectivity index (χ1n) is 6.71. The van der Waals surface area contributed by atoms with Crippen LogP contribution in [0.2, 0.25) is 5.02 Å². The zero-order valence-electron chi connectivity index (χ0n) is 12.6. The maximum atomic E-state index is 11.6. The summed E-state index contributed by atoms with van der Waals surface area (Å²) >= 11 is 5.82. The minimum absolute atomic E-state index is 0.436. The van der Waals surface area contributed by atoms with Gasteiger partial charge in [-0.15, -0.1) is 0 Å². The number of hydrogen-bond donors (Lipinski definition) is 0. The highest BCUT2D eigenvalue weighted by Gasteiger charge is 2.30. The monoisotopic (exact) mass is 320 g/mol. The molecule has 0 aliphatic heterocycles. The molecule has 0 aromatic heterocycles. The van der Waals surface area contributed by atoms with Crippen molar-refractivity contribution in [3.8, 4) is 17.2 Å². The molecule has 0 unspecified atom stereocenters. The molecule has 0 aliphatic carbocycles. The number of carbonyl (C=O) groups excluding carboxylic acids is 1. The Bertz CT molecular complexity index is 633. The molecular weight excluding hydrogens is 304 g/mol. The highest BCUT2D eigenvalue weighted by Crippen LogP contribution is 2.26. The number of rotatable bonds is 5. The molecule has 4 nitrogen and oxygen atoms in total. The van der Waals surface area contributed by atoms with Crippen molar-refractivity contribution in [1.82, 2.24) is 0 Å². The topological polar surface area (TPSA) is 44.8 Å². The smallest absolute Gasteiger partial charge is 0.349 e. The summed E-state index contributed by atoms with van der Waals surface area (Å²) in [6.45, 7) is 3.30. The summed E-state index contributed by atoms with van der Waals surface area (Å²) < 4.78 is 16.0. The lowest BCUT2D eigenvalue weighted by Gasteiger charge is -2.23. The first-order valence-corrected chi connectivity index (χ1v) is 7.09. The number of carbonyl (C=O) groups is 1. The highest BCUT2D eigenvalue weighted by molar-refractivity contribution is 6.30. The van der Waals surface area contributed by atoms with Gasteiger partial charge in [0.15, 0.2) is 5.60 Å². The zero-order chi connectivity index (χ0) is 16.2. The van der Waals surface area contributed by atoms with Crippen LogP contribution >= 0.6 is 11.6 Å². The standard InChI is InChI=1S/C17H17ClO4/c1-17(2,16(19)20-3)22-15-10-8-14(9-11-15)21-13-6-4-12(18)5-7-13/h4-11H,1-3H3. The Morgan fingerprint density at radius 3 is 1.86 bits per heavy atom. The predicted octanol–water partition coefficient (Wildman–Crippen LogP) is 4.46.